The summed E-state index contributed by atoms with van der Waals surface area (Å²) in [6, 6.07) is 28.2. The average molecular weight is 410 g/mol. The molecule has 4 rings (SSSR count). The highest BCUT2D eigenvalue weighted by Crippen LogP contribution is 2.14. The van der Waals surface area contributed by atoms with Crippen molar-refractivity contribution in [2.75, 3.05) is 5.32 Å². The van der Waals surface area contributed by atoms with Crippen molar-refractivity contribution in [3.8, 4) is 0 Å². The van der Waals surface area contributed by atoms with Crippen LogP contribution in [0.2, 0.25) is 0 Å². The van der Waals surface area contributed by atoms with E-state index in [1.807, 2.05) is 66.7 Å². The molecule has 1 heterocycles. The van der Waals surface area contributed by atoms with E-state index in [0.29, 0.717) is 12.0 Å². The van der Waals surface area contributed by atoms with Gasteiger partial charge in [-0.2, -0.15) is 0 Å². The largest absolute Gasteiger partial charge is 0.461 e. The van der Waals surface area contributed by atoms with E-state index in [9.17, 15) is 9.59 Å². The standard InChI is InChI=1S/C26H22N2O3/c29-25(17-16-23-15-14-20-6-4-5-9-24(20)27-23)31-18-19-10-12-21(13-11-19)26(30)28-22-7-2-1-3-8-22/h1-15H,16-18H2,(H,28,30). The summed E-state index contributed by atoms with van der Waals surface area (Å²) in [5.41, 5.74) is 3.90. The Bertz CT molecular complexity index is 1190. The fourth-order valence-electron chi connectivity index (χ4n) is 3.19. The molecule has 1 aromatic heterocycles. The van der Waals surface area contributed by atoms with Gasteiger partial charge in [0, 0.05) is 28.8 Å². The Morgan fingerprint density at radius 1 is 0.806 bits per heavy atom. The molecule has 0 atom stereocenters. The monoisotopic (exact) mass is 410 g/mol. The van der Waals surface area contributed by atoms with Gasteiger partial charge in [0.1, 0.15) is 6.61 Å². The summed E-state index contributed by atoms with van der Waals surface area (Å²) in [6.07, 6.45) is 0.797. The van der Waals surface area contributed by atoms with E-state index in [2.05, 4.69) is 10.3 Å². The zero-order valence-electron chi connectivity index (χ0n) is 17.0. The average Bonchev–Trinajstić information content (AvgIpc) is 2.82. The number of benzene rings is 3. The van der Waals surface area contributed by atoms with Gasteiger partial charge < -0.3 is 10.1 Å². The van der Waals surface area contributed by atoms with Crippen LogP contribution in [0.15, 0.2) is 91.0 Å². The van der Waals surface area contributed by atoms with Crippen LogP contribution in [-0.2, 0) is 22.6 Å². The Hall–Kier alpha value is -3.99. The molecule has 5 nitrogen and oxygen atoms in total. The lowest BCUT2D eigenvalue weighted by atomic mass is 10.1. The molecule has 31 heavy (non-hydrogen) atoms. The lowest BCUT2D eigenvalue weighted by Crippen LogP contribution is -2.12. The molecule has 0 radical (unpaired) electrons. The molecule has 0 unspecified atom stereocenters. The summed E-state index contributed by atoms with van der Waals surface area (Å²) >= 11 is 0. The van der Waals surface area contributed by atoms with Gasteiger partial charge in [-0.05, 0) is 42.0 Å². The molecule has 0 fully saturated rings. The summed E-state index contributed by atoms with van der Waals surface area (Å²) < 4.78 is 5.37. The highest BCUT2D eigenvalue weighted by molar-refractivity contribution is 6.04. The number of esters is 1. The van der Waals surface area contributed by atoms with Gasteiger partial charge in [0.15, 0.2) is 0 Å². The second kappa shape index (κ2) is 9.67. The van der Waals surface area contributed by atoms with Crippen molar-refractivity contribution in [2.45, 2.75) is 19.4 Å². The lowest BCUT2D eigenvalue weighted by Gasteiger charge is -2.08. The summed E-state index contributed by atoms with van der Waals surface area (Å²) in [4.78, 5) is 29.0. The Morgan fingerprint density at radius 3 is 2.35 bits per heavy atom. The predicted octanol–water partition coefficient (Wildman–Crippen LogP) is 5.16. The molecule has 0 saturated carbocycles. The summed E-state index contributed by atoms with van der Waals surface area (Å²) in [5, 5.41) is 3.92. The van der Waals surface area contributed by atoms with E-state index in [1.165, 1.54) is 0 Å². The lowest BCUT2D eigenvalue weighted by molar-refractivity contribution is -0.144. The van der Waals surface area contributed by atoms with E-state index >= 15 is 0 Å². The third-order valence-electron chi connectivity index (χ3n) is 4.89. The predicted molar refractivity (Wildman–Crippen MR) is 121 cm³/mol. The van der Waals surface area contributed by atoms with Crippen LogP contribution >= 0.6 is 0 Å². The van der Waals surface area contributed by atoms with Crippen molar-refractivity contribution in [1.82, 2.24) is 4.98 Å². The SMILES string of the molecule is O=C(CCc1ccc2ccccc2n1)OCc1ccc(C(=O)Nc2ccccc2)cc1. The molecule has 3 aromatic carbocycles. The van der Waals surface area contributed by atoms with Gasteiger partial charge in [0.05, 0.1) is 11.9 Å². The number of para-hydroxylation sites is 2. The van der Waals surface area contributed by atoms with Gasteiger partial charge in [-0.25, -0.2) is 0 Å². The highest BCUT2D eigenvalue weighted by Gasteiger charge is 2.08. The number of anilines is 1. The van der Waals surface area contributed by atoms with Gasteiger partial charge in [-0.1, -0.05) is 54.6 Å². The first kappa shape index (κ1) is 20.3. The Labute approximate surface area is 180 Å². The zero-order chi connectivity index (χ0) is 21.5. The molecule has 0 aliphatic rings. The molecule has 0 saturated heterocycles. The number of rotatable bonds is 7. The summed E-state index contributed by atoms with van der Waals surface area (Å²) in [5.74, 6) is -0.460. The van der Waals surface area contributed by atoms with Crippen molar-refractivity contribution in [3.05, 3.63) is 108 Å². The van der Waals surface area contributed by atoms with Gasteiger partial charge in [0.2, 0.25) is 0 Å². The number of carbonyl (C=O) groups is 2. The molecule has 4 aromatic rings. The summed E-state index contributed by atoms with van der Waals surface area (Å²) in [7, 11) is 0. The number of hydrogen-bond donors (Lipinski definition) is 1. The van der Waals surface area contributed by atoms with Crippen LogP contribution in [0, 0.1) is 0 Å². The van der Waals surface area contributed by atoms with Crippen molar-refractivity contribution < 1.29 is 14.3 Å². The van der Waals surface area contributed by atoms with Crippen molar-refractivity contribution in [2.24, 2.45) is 0 Å². The topological polar surface area (TPSA) is 68.3 Å². The maximum absolute atomic E-state index is 12.3. The second-order valence-corrected chi connectivity index (χ2v) is 7.17. The van der Waals surface area contributed by atoms with Crippen LogP contribution in [0.4, 0.5) is 5.69 Å². The Kier molecular flexibility index (Phi) is 6.33. The number of ether oxygens (including phenoxy) is 1. The Balaban J connectivity index is 1.25. The minimum absolute atomic E-state index is 0.171. The molecule has 1 amide bonds. The van der Waals surface area contributed by atoms with E-state index in [1.54, 1.807) is 24.3 Å². The van der Waals surface area contributed by atoms with Crippen LogP contribution in [-0.4, -0.2) is 16.9 Å². The first-order chi connectivity index (χ1) is 15.2. The van der Waals surface area contributed by atoms with Crippen molar-refractivity contribution >= 4 is 28.5 Å². The van der Waals surface area contributed by atoms with E-state index in [-0.39, 0.29) is 24.9 Å². The molecule has 0 aliphatic carbocycles. The van der Waals surface area contributed by atoms with E-state index in [0.717, 1.165) is 27.8 Å². The third-order valence-corrected chi connectivity index (χ3v) is 4.89. The maximum Gasteiger partial charge on any atom is 0.306 e. The van der Waals surface area contributed by atoms with Gasteiger partial charge >= 0.3 is 5.97 Å². The smallest absolute Gasteiger partial charge is 0.306 e. The zero-order valence-corrected chi connectivity index (χ0v) is 17.0. The minimum atomic E-state index is -0.277. The minimum Gasteiger partial charge on any atom is -0.461 e. The number of aromatic nitrogens is 1. The molecular weight excluding hydrogens is 388 g/mol. The number of nitrogens with one attached hydrogen (secondary N) is 1. The molecule has 5 heteroatoms. The van der Waals surface area contributed by atoms with Crippen LogP contribution in [0.5, 0.6) is 0 Å². The van der Waals surface area contributed by atoms with Gasteiger partial charge in [-0.15, -0.1) is 0 Å². The van der Waals surface area contributed by atoms with E-state index in [4.69, 9.17) is 4.74 Å². The maximum atomic E-state index is 12.3. The molecule has 0 spiro atoms. The highest BCUT2D eigenvalue weighted by atomic mass is 16.5. The molecule has 1 N–H and O–H groups in total. The first-order valence-corrected chi connectivity index (χ1v) is 10.1. The van der Waals surface area contributed by atoms with Gasteiger partial charge in [-0.3, -0.25) is 14.6 Å². The van der Waals surface area contributed by atoms with Crippen molar-refractivity contribution in [3.63, 3.8) is 0 Å². The van der Waals surface area contributed by atoms with E-state index < -0.39 is 0 Å². The molecule has 0 aliphatic heterocycles. The number of hydrogen-bond acceptors (Lipinski definition) is 4. The number of fused-ring (bicyclic) bond motifs is 1. The third kappa shape index (κ3) is 5.54. The normalized spacial score (nSPS) is 10.6. The van der Waals surface area contributed by atoms with Crippen LogP contribution in [0.25, 0.3) is 10.9 Å². The Morgan fingerprint density at radius 2 is 1.55 bits per heavy atom. The molecular formula is C26H22N2O3. The van der Waals surface area contributed by atoms with Crippen LogP contribution < -0.4 is 5.32 Å². The number of pyridine rings is 1. The second-order valence-electron chi connectivity index (χ2n) is 7.17. The molecule has 0 bridgehead atoms. The molecule has 154 valence electrons. The first-order valence-electron chi connectivity index (χ1n) is 10.1. The quantitative estimate of drug-likeness (QED) is 0.427. The number of carbonyl (C=O) groups excluding carboxylic acids is 2. The number of amides is 1. The number of aryl methyl sites for hydroxylation is 1. The summed E-state index contributed by atoms with van der Waals surface area (Å²) in [6.45, 7) is 0.171. The fraction of sp³-hybridized carbons (Fsp3) is 0.115. The van der Waals surface area contributed by atoms with Crippen LogP contribution in [0.3, 0.4) is 0 Å². The van der Waals surface area contributed by atoms with Crippen LogP contribution in [0.1, 0.15) is 28.0 Å². The number of nitrogens with zero attached hydrogens (tertiary/aromatic N) is 1. The van der Waals surface area contributed by atoms with Crippen molar-refractivity contribution in [1.29, 1.82) is 0 Å². The van der Waals surface area contributed by atoms with Gasteiger partial charge in [0.25, 0.3) is 5.91 Å². The fourth-order valence-corrected chi connectivity index (χ4v) is 3.19.